The molecular weight excluding hydrogens is 214 g/mol. The molecule has 0 bridgehead atoms. The third-order valence-electron chi connectivity index (χ3n) is 4.38. The van der Waals surface area contributed by atoms with Gasteiger partial charge in [-0.1, -0.05) is 6.92 Å². The zero-order valence-corrected chi connectivity index (χ0v) is 11.1. The predicted molar refractivity (Wildman–Crippen MR) is 68.6 cm³/mol. The molecule has 4 nitrogen and oxygen atoms in total. The molecule has 98 valence electrons. The van der Waals surface area contributed by atoms with E-state index >= 15 is 0 Å². The molecule has 2 N–H and O–H groups in total. The Morgan fingerprint density at radius 1 is 1.35 bits per heavy atom. The molecule has 0 aromatic carbocycles. The van der Waals surface area contributed by atoms with E-state index in [4.69, 9.17) is 5.73 Å². The summed E-state index contributed by atoms with van der Waals surface area (Å²) in [5.41, 5.74) is 5.84. The Bertz CT molecular complexity index is 282. The zero-order valence-electron chi connectivity index (χ0n) is 11.1. The molecule has 1 amide bonds. The number of carbonyl (C=O) groups excluding carboxylic acids is 1. The third kappa shape index (κ3) is 2.63. The first kappa shape index (κ1) is 12.8. The van der Waals surface area contributed by atoms with E-state index in [0.717, 1.165) is 32.5 Å². The Kier molecular flexibility index (Phi) is 4.05. The van der Waals surface area contributed by atoms with Crippen LogP contribution < -0.4 is 5.73 Å². The summed E-state index contributed by atoms with van der Waals surface area (Å²) in [6.07, 6.45) is 3.35. The van der Waals surface area contributed by atoms with Gasteiger partial charge in [0.2, 0.25) is 5.91 Å². The number of likely N-dealkylation sites (tertiary alicyclic amines) is 2. The van der Waals surface area contributed by atoms with Crippen LogP contribution in [0.3, 0.4) is 0 Å². The molecule has 0 saturated carbocycles. The number of amides is 1. The van der Waals surface area contributed by atoms with Crippen molar-refractivity contribution in [3.8, 4) is 0 Å². The van der Waals surface area contributed by atoms with Gasteiger partial charge in [-0.25, -0.2) is 0 Å². The highest BCUT2D eigenvalue weighted by atomic mass is 16.2. The van der Waals surface area contributed by atoms with Crippen LogP contribution in [0.1, 0.15) is 26.2 Å². The van der Waals surface area contributed by atoms with E-state index in [1.807, 2.05) is 0 Å². The second-order valence-electron chi connectivity index (χ2n) is 5.70. The van der Waals surface area contributed by atoms with Crippen molar-refractivity contribution < 1.29 is 4.79 Å². The monoisotopic (exact) mass is 239 g/mol. The average molecular weight is 239 g/mol. The van der Waals surface area contributed by atoms with Crippen LogP contribution in [0.15, 0.2) is 0 Å². The van der Waals surface area contributed by atoms with Gasteiger partial charge in [0, 0.05) is 25.7 Å². The van der Waals surface area contributed by atoms with E-state index < -0.39 is 0 Å². The van der Waals surface area contributed by atoms with Gasteiger partial charge < -0.3 is 15.5 Å². The predicted octanol–water partition coefficient (Wildman–Crippen LogP) is 0.524. The number of piperidine rings is 1. The van der Waals surface area contributed by atoms with Crippen molar-refractivity contribution in [3.63, 3.8) is 0 Å². The van der Waals surface area contributed by atoms with Crippen LogP contribution in [0.4, 0.5) is 0 Å². The van der Waals surface area contributed by atoms with Crippen molar-refractivity contribution in [3.05, 3.63) is 0 Å². The van der Waals surface area contributed by atoms with Crippen molar-refractivity contribution in [2.75, 3.05) is 33.2 Å². The first-order chi connectivity index (χ1) is 8.13. The molecule has 2 saturated heterocycles. The minimum Gasteiger partial charge on any atom is -0.338 e. The summed E-state index contributed by atoms with van der Waals surface area (Å²) < 4.78 is 0. The maximum atomic E-state index is 12.5. The lowest BCUT2D eigenvalue weighted by Crippen LogP contribution is -2.53. The normalized spacial score (nSPS) is 35.2. The quantitative estimate of drug-likeness (QED) is 0.764. The summed E-state index contributed by atoms with van der Waals surface area (Å²) >= 11 is 0. The second kappa shape index (κ2) is 5.36. The number of hydrogen-bond donors (Lipinski definition) is 1. The van der Waals surface area contributed by atoms with Gasteiger partial charge in [-0.15, -0.1) is 0 Å². The number of nitrogens with zero attached hydrogens (tertiary/aromatic N) is 2. The lowest BCUT2D eigenvalue weighted by molar-refractivity contribution is -0.140. The number of nitrogens with two attached hydrogens (primary N) is 1. The van der Waals surface area contributed by atoms with Crippen molar-refractivity contribution in [2.24, 2.45) is 17.6 Å². The molecule has 0 radical (unpaired) electrons. The molecule has 17 heavy (non-hydrogen) atoms. The standard InChI is InChI=1S/C13H25N3O/c1-10-4-3-6-16(12(10)8-14)13(17)11-5-7-15(2)9-11/h10-12H,3-9,14H2,1-2H3. The van der Waals surface area contributed by atoms with Gasteiger partial charge in [-0.2, -0.15) is 0 Å². The molecular formula is C13H25N3O. The Hall–Kier alpha value is -0.610. The summed E-state index contributed by atoms with van der Waals surface area (Å²) in [5.74, 6) is 1.10. The molecule has 0 aliphatic carbocycles. The lowest BCUT2D eigenvalue weighted by Gasteiger charge is -2.40. The largest absolute Gasteiger partial charge is 0.338 e. The van der Waals surface area contributed by atoms with E-state index in [1.54, 1.807) is 0 Å². The average Bonchev–Trinajstić information content (AvgIpc) is 2.74. The van der Waals surface area contributed by atoms with Crippen LogP contribution in [0, 0.1) is 11.8 Å². The maximum Gasteiger partial charge on any atom is 0.227 e. The molecule has 0 spiro atoms. The van der Waals surface area contributed by atoms with E-state index in [0.29, 0.717) is 18.4 Å². The van der Waals surface area contributed by atoms with Crippen LogP contribution in [0.25, 0.3) is 0 Å². The van der Waals surface area contributed by atoms with Gasteiger partial charge in [-0.05, 0) is 38.8 Å². The topological polar surface area (TPSA) is 49.6 Å². The smallest absolute Gasteiger partial charge is 0.227 e. The molecule has 0 aromatic rings. The summed E-state index contributed by atoms with van der Waals surface area (Å²) in [6.45, 7) is 5.70. The minimum atomic E-state index is 0.208. The fraction of sp³-hybridized carbons (Fsp3) is 0.923. The Morgan fingerprint density at radius 2 is 2.12 bits per heavy atom. The van der Waals surface area contributed by atoms with E-state index in [-0.39, 0.29) is 12.0 Å². The first-order valence-corrected chi connectivity index (χ1v) is 6.82. The van der Waals surface area contributed by atoms with E-state index in [1.165, 1.54) is 6.42 Å². The lowest BCUT2D eigenvalue weighted by atomic mass is 9.89. The highest BCUT2D eigenvalue weighted by molar-refractivity contribution is 5.80. The van der Waals surface area contributed by atoms with Crippen LogP contribution in [-0.2, 0) is 4.79 Å². The molecule has 0 aromatic heterocycles. The van der Waals surface area contributed by atoms with E-state index in [9.17, 15) is 4.79 Å². The van der Waals surface area contributed by atoms with Gasteiger partial charge in [0.05, 0.1) is 5.92 Å². The van der Waals surface area contributed by atoms with Crippen molar-refractivity contribution >= 4 is 5.91 Å². The van der Waals surface area contributed by atoms with E-state index in [2.05, 4.69) is 23.8 Å². The molecule has 2 fully saturated rings. The number of hydrogen-bond acceptors (Lipinski definition) is 3. The molecule has 3 unspecified atom stereocenters. The van der Waals surface area contributed by atoms with Gasteiger partial charge in [0.15, 0.2) is 0 Å². The van der Waals surface area contributed by atoms with Crippen LogP contribution >= 0.6 is 0 Å². The Morgan fingerprint density at radius 3 is 2.71 bits per heavy atom. The Balaban J connectivity index is 2.01. The van der Waals surface area contributed by atoms with Crippen LogP contribution in [0.2, 0.25) is 0 Å². The molecule has 2 heterocycles. The Labute approximate surface area is 104 Å². The van der Waals surface area contributed by atoms with Gasteiger partial charge in [0.1, 0.15) is 0 Å². The first-order valence-electron chi connectivity index (χ1n) is 6.82. The summed E-state index contributed by atoms with van der Waals surface area (Å²) in [4.78, 5) is 16.8. The van der Waals surface area contributed by atoms with Gasteiger partial charge in [0.25, 0.3) is 0 Å². The number of rotatable bonds is 2. The van der Waals surface area contributed by atoms with Crippen molar-refractivity contribution in [2.45, 2.75) is 32.2 Å². The number of carbonyl (C=O) groups is 1. The van der Waals surface area contributed by atoms with Crippen molar-refractivity contribution in [1.29, 1.82) is 0 Å². The van der Waals surface area contributed by atoms with Crippen LogP contribution in [-0.4, -0.2) is 55.0 Å². The fourth-order valence-corrected chi connectivity index (χ4v) is 3.25. The van der Waals surface area contributed by atoms with Gasteiger partial charge >= 0.3 is 0 Å². The van der Waals surface area contributed by atoms with Crippen molar-refractivity contribution in [1.82, 2.24) is 9.80 Å². The second-order valence-corrected chi connectivity index (χ2v) is 5.70. The van der Waals surface area contributed by atoms with Gasteiger partial charge in [-0.3, -0.25) is 4.79 Å². The molecule has 2 aliphatic rings. The SMILES string of the molecule is CC1CCCN(C(=O)C2CCN(C)C2)C1CN. The minimum absolute atomic E-state index is 0.208. The highest BCUT2D eigenvalue weighted by Crippen LogP contribution is 2.26. The molecule has 2 rings (SSSR count). The fourth-order valence-electron chi connectivity index (χ4n) is 3.25. The highest BCUT2D eigenvalue weighted by Gasteiger charge is 2.36. The summed E-state index contributed by atoms with van der Waals surface area (Å²) in [6, 6.07) is 0.266. The molecule has 4 heteroatoms. The zero-order chi connectivity index (χ0) is 12.4. The summed E-state index contributed by atoms with van der Waals surface area (Å²) in [5, 5.41) is 0. The summed E-state index contributed by atoms with van der Waals surface area (Å²) in [7, 11) is 2.09. The maximum absolute atomic E-state index is 12.5. The third-order valence-corrected chi connectivity index (χ3v) is 4.38. The molecule has 2 aliphatic heterocycles. The van der Waals surface area contributed by atoms with Crippen LogP contribution in [0.5, 0.6) is 0 Å². The molecule has 3 atom stereocenters.